The summed E-state index contributed by atoms with van der Waals surface area (Å²) in [4.78, 5) is 68.9. The predicted molar refractivity (Wildman–Crippen MR) is 119 cm³/mol. The summed E-state index contributed by atoms with van der Waals surface area (Å²) >= 11 is 0. The van der Waals surface area contributed by atoms with Gasteiger partial charge in [0.2, 0.25) is 5.91 Å². The summed E-state index contributed by atoms with van der Waals surface area (Å²) in [5.41, 5.74) is 0. The molecule has 0 aliphatic rings. The van der Waals surface area contributed by atoms with Crippen LogP contribution in [0.5, 0.6) is 0 Å². The average Bonchev–Trinajstić information content (AvgIpc) is 2.72. The van der Waals surface area contributed by atoms with Crippen LogP contribution < -0.4 is 16.0 Å². The van der Waals surface area contributed by atoms with E-state index in [2.05, 4.69) is 16.0 Å². The topological polar surface area (TPSA) is 243 Å². The van der Waals surface area contributed by atoms with Crippen molar-refractivity contribution in [3.05, 3.63) is 0 Å². The number of unbranched alkanes of at least 4 members (excludes halogenated alkanes) is 2. The van der Waals surface area contributed by atoms with Gasteiger partial charge in [0.25, 0.3) is 0 Å². The van der Waals surface area contributed by atoms with Crippen molar-refractivity contribution in [2.75, 3.05) is 39.3 Å². The van der Waals surface area contributed by atoms with Crippen LogP contribution in [0.4, 0.5) is 0 Å². The summed E-state index contributed by atoms with van der Waals surface area (Å²) in [7, 11) is 0. The molecule has 0 aliphatic carbocycles. The second kappa shape index (κ2) is 18.1. The van der Waals surface area contributed by atoms with Crippen LogP contribution >= 0.6 is 0 Å². The van der Waals surface area contributed by atoms with Gasteiger partial charge < -0.3 is 41.5 Å². The molecular formula is C20H34N4O11. The van der Waals surface area contributed by atoms with E-state index in [4.69, 9.17) is 20.4 Å². The van der Waals surface area contributed by atoms with E-state index in [0.29, 0.717) is 38.8 Å². The highest BCUT2D eigenvalue weighted by Gasteiger charge is 2.31. The third kappa shape index (κ3) is 16.9. The lowest BCUT2D eigenvalue weighted by atomic mass is 10.0. The molecule has 2 atom stereocenters. The maximum absolute atomic E-state index is 12.9. The molecule has 0 fully saturated rings. The molecule has 2 unspecified atom stereocenters. The maximum Gasteiger partial charge on any atom is 0.326 e. The molecule has 0 rings (SSSR count). The Morgan fingerprint density at radius 3 is 1.49 bits per heavy atom. The Labute approximate surface area is 201 Å². The summed E-state index contributed by atoms with van der Waals surface area (Å²) in [5, 5.41) is 52.6. The summed E-state index contributed by atoms with van der Waals surface area (Å²) in [6.07, 6.45) is 1.57. The van der Waals surface area contributed by atoms with Crippen LogP contribution in [-0.2, 0) is 28.8 Å². The highest BCUT2D eigenvalue weighted by molar-refractivity contribution is 5.87. The van der Waals surface area contributed by atoms with Crippen molar-refractivity contribution in [1.82, 2.24) is 20.9 Å². The first-order valence-corrected chi connectivity index (χ1v) is 11.0. The maximum atomic E-state index is 12.9. The van der Waals surface area contributed by atoms with E-state index in [-0.39, 0.29) is 25.9 Å². The second-order valence-electron chi connectivity index (χ2n) is 7.74. The summed E-state index contributed by atoms with van der Waals surface area (Å²) in [6.45, 7) is -1.39. The van der Waals surface area contributed by atoms with Gasteiger partial charge in [-0.15, -0.1) is 0 Å². The Morgan fingerprint density at radius 2 is 1.09 bits per heavy atom. The molecule has 200 valence electrons. The summed E-state index contributed by atoms with van der Waals surface area (Å²) in [6, 6.07) is -2.54. The molecule has 1 amide bonds. The number of nitrogens with zero attached hydrogens (tertiary/aromatic N) is 1. The van der Waals surface area contributed by atoms with Crippen LogP contribution in [0.3, 0.4) is 0 Å². The SMILES string of the molecule is O=C(O)CNCCCCC(NC(=O)C(CCCCNCC(=O)O)N(CC(=O)O)CC(=O)O)C(=O)O. The minimum Gasteiger partial charge on any atom is -0.480 e. The molecule has 0 spiro atoms. The predicted octanol–water partition coefficient (Wildman–Crippen LogP) is -1.92. The molecule has 0 saturated carbocycles. The molecule has 0 saturated heterocycles. The van der Waals surface area contributed by atoms with E-state index in [1.165, 1.54) is 0 Å². The minimum absolute atomic E-state index is 0.0204. The van der Waals surface area contributed by atoms with Crippen LogP contribution in [0.25, 0.3) is 0 Å². The van der Waals surface area contributed by atoms with Gasteiger partial charge in [0.1, 0.15) is 6.04 Å². The van der Waals surface area contributed by atoms with Crippen molar-refractivity contribution in [3.63, 3.8) is 0 Å². The van der Waals surface area contributed by atoms with Gasteiger partial charge in [0, 0.05) is 0 Å². The van der Waals surface area contributed by atoms with Crippen LogP contribution in [0.15, 0.2) is 0 Å². The van der Waals surface area contributed by atoms with Gasteiger partial charge in [-0.05, 0) is 45.2 Å². The molecule has 0 radical (unpaired) electrons. The monoisotopic (exact) mass is 506 g/mol. The number of nitrogens with one attached hydrogen (secondary N) is 3. The van der Waals surface area contributed by atoms with Crippen molar-refractivity contribution < 1.29 is 54.3 Å². The third-order valence-electron chi connectivity index (χ3n) is 4.76. The van der Waals surface area contributed by atoms with Gasteiger partial charge in [-0.25, -0.2) is 4.79 Å². The summed E-state index contributed by atoms with van der Waals surface area (Å²) in [5.74, 6) is -6.96. The number of hydrogen-bond donors (Lipinski definition) is 8. The van der Waals surface area contributed by atoms with Crippen molar-refractivity contribution in [2.45, 2.75) is 50.6 Å². The molecule has 0 aromatic carbocycles. The molecule has 0 bridgehead atoms. The number of carbonyl (C=O) groups is 6. The van der Waals surface area contributed by atoms with Crippen LogP contribution in [0.2, 0.25) is 0 Å². The number of rotatable bonds is 22. The van der Waals surface area contributed by atoms with Crippen LogP contribution in [-0.4, -0.2) is 118 Å². The van der Waals surface area contributed by atoms with Crippen molar-refractivity contribution in [1.29, 1.82) is 0 Å². The van der Waals surface area contributed by atoms with Gasteiger partial charge in [-0.1, -0.05) is 6.42 Å². The summed E-state index contributed by atoms with van der Waals surface area (Å²) < 4.78 is 0. The zero-order chi connectivity index (χ0) is 26.8. The number of carbonyl (C=O) groups excluding carboxylic acids is 1. The van der Waals surface area contributed by atoms with Gasteiger partial charge in [-0.2, -0.15) is 0 Å². The first-order valence-electron chi connectivity index (χ1n) is 11.0. The number of aliphatic carboxylic acids is 5. The van der Waals surface area contributed by atoms with E-state index in [0.717, 1.165) is 4.90 Å². The normalized spacial score (nSPS) is 12.6. The Kier molecular flexibility index (Phi) is 16.4. The first-order chi connectivity index (χ1) is 16.4. The number of hydrogen-bond acceptors (Lipinski definition) is 9. The Bertz CT molecular complexity index is 716. The standard InChI is InChI=1S/C20H34N4O11/c25-15(26)9-21-7-3-1-5-13(20(34)35)23-19(33)14(6-2-4-8-22-10-16(27)28)24(11-17(29)30)12-18(31)32/h13-14,21-22H,1-12H2,(H,23,33)(H,25,26)(H,27,28)(H,29,30)(H,31,32)(H,34,35). The molecule has 0 aromatic rings. The Hall–Kier alpha value is -3.30. The fraction of sp³-hybridized carbons (Fsp3) is 0.700. The van der Waals surface area contributed by atoms with E-state index in [9.17, 15) is 33.9 Å². The quantitative estimate of drug-likeness (QED) is 0.0747. The largest absolute Gasteiger partial charge is 0.480 e. The number of carboxylic acid groups (broad SMARTS) is 5. The van der Waals surface area contributed by atoms with Gasteiger partial charge in [0.15, 0.2) is 0 Å². The molecule has 8 N–H and O–H groups in total. The Morgan fingerprint density at radius 1 is 0.629 bits per heavy atom. The average molecular weight is 507 g/mol. The van der Waals surface area contributed by atoms with E-state index >= 15 is 0 Å². The van der Waals surface area contributed by atoms with Gasteiger partial charge in [0.05, 0.1) is 32.2 Å². The highest BCUT2D eigenvalue weighted by atomic mass is 16.4. The third-order valence-corrected chi connectivity index (χ3v) is 4.76. The molecule has 15 heteroatoms. The molecule has 0 aromatic heterocycles. The fourth-order valence-corrected chi connectivity index (χ4v) is 3.21. The molecular weight excluding hydrogens is 472 g/mol. The van der Waals surface area contributed by atoms with E-state index in [1.807, 2.05) is 0 Å². The molecule has 35 heavy (non-hydrogen) atoms. The van der Waals surface area contributed by atoms with E-state index < -0.39 is 60.9 Å². The van der Waals surface area contributed by atoms with Crippen molar-refractivity contribution in [3.8, 4) is 0 Å². The number of carboxylic acids is 5. The zero-order valence-corrected chi connectivity index (χ0v) is 19.3. The van der Waals surface area contributed by atoms with Crippen LogP contribution in [0.1, 0.15) is 38.5 Å². The highest BCUT2D eigenvalue weighted by Crippen LogP contribution is 2.11. The van der Waals surface area contributed by atoms with Crippen molar-refractivity contribution in [2.24, 2.45) is 0 Å². The first kappa shape index (κ1) is 31.7. The van der Waals surface area contributed by atoms with E-state index in [1.54, 1.807) is 0 Å². The van der Waals surface area contributed by atoms with Gasteiger partial charge in [-0.3, -0.25) is 28.9 Å². The minimum atomic E-state index is -1.36. The zero-order valence-electron chi connectivity index (χ0n) is 19.3. The Balaban J connectivity index is 5.14. The van der Waals surface area contributed by atoms with Gasteiger partial charge >= 0.3 is 29.8 Å². The molecule has 0 heterocycles. The lowest BCUT2D eigenvalue weighted by molar-refractivity contribution is -0.147. The fourth-order valence-electron chi connectivity index (χ4n) is 3.21. The molecule has 15 nitrogen and oxygen atoms in total. The molecule has 0 aliphatic heterocycles. The number of amides is 1. The second-order valence-corrected chi connectivity index (χ2v) is 7.74. The van der Waals surface area contributed by atoms with Crippen LogP contribution in [0, 0.1) is 0 Å². The lowest BCUT2D eigenvalue weighted by Crippen LogP contribution is -2.54. The smallest absolute Gasteiger partial charge is 0.326 e. The lowest BCUT2D eigenvalue weighted by Gasteiger charge is -2.29. The van der Waals surface area contributed by atoms with Crippen molar-refractivity contribution >= 4 is 35.8 Å².